The Morgan fingerprint density at radius 2 is 1.71 bits per heavy atom. The zero-order chi connectivity index (χ0) is 20.3. The van der Waals surface area contributed by atoms with Crippen molar-refractivity contribution in [2.45, 2.75) is 36.8 Å². The number of hydrogen-bond acceptors (Lipinski definition) is 4. The van der Waals surface area contributed by atoms with Gasteiger partial charge in [-0.25, -0.2) is 0 Å². The van der Waals surface area contributed by atoms with Gasteiger partial charge in [-0.15, -0.1) is 0 Å². The highest BCUT2D eigenvalue weighted by molar-refractivity contribution is 5.78. The minimum absolute atomic E-state index is 0.122. The van der Waals surface area contributed by atoms with Crippen LogP contribution in [0.5, 0.6) is 5.75 Å². The number of rotatable bonds is 5. The van der Waals surface area contributed by atoms with Gasteiger partial charge in [0.2, 0.25) is 0 Å². The summed E-state index contributed by atoms with van der Waals surface area (Å²) in [5.74, 6) is -0.518. The van der Waals surface area contributed by atoms with Crippen LogP contribution in [0.3, 0.4) is 0 Å². The number of carbonyl (C=O) groups excluding carboxylic acids is 1. The molecule has 4 unspecified atom stereocenters. The number of para-hydroxylation sites is 1. The number of halogens is 3. The molecule has 5 nitrogen and oxygen atoms in total. The van der Waals surface area contributed by atoms with Gasteiger partial charge in [0.25, 0.3) is 5.91 Å². The second kappa shape index (κ2) is 8.20. The van der Waals surface area contributed by atoms with Crippen molar-refractivity contribution in [3.05, 3.63) is 65.7 Å². The van der Waals surface area contributed by atoms with Gasteiger partial charge < -0.3 is 20.3 Å². The van der Waals surface area contributed by atoms with Crippen LogP contribution in [0.2, 0.25) is 0 Å². The topological polar surface area (TPSA) is 78.8 Å². The maximum Gasteiger partial charge on any atom is 0.416 e. The van der Waals surface area contributed by atoms with Crippen LogP contribution in [0.4, 0.5) is 13.2 Å². The van der Waals surface area contributed by atoms with Crippen molar-refractivity contribution in [1.29, 1.82) is 0 Å². The number of nitrogens with one attached hydrogen (secondary N) is 1. The number of aliphatic hydroxyl groups excluding tert-OH is 2. The minimum atomic E-state index is -4.45. The first kappa shape index (κ1) is 20.2. The van der Waals surface area contributed by atoms with E-state index in [0.29, 0.717) is 11.3 Å². The average molecular weight is 395 g/mol. The highest BCUT2D eigenvalue weighted by Crippen LogP contribution is 2.37. The molecule has 8 heteroatoms. The Labute approximate surface area is 159 Å². The first-order valence-electron chi connectivity index (χ1n) is 8.76. The zero-order valence-corrected chi connectivity index (χ0v) is 14.8. The van der Waals surface area contributed by atoms with E-state index in [0.717, 1.165) is 12.1 Å². The first-order valence-corrected chi connectivity index (χ1v) is 8.76. The molecule has 0 aliphatic heterocycles. The molecule has 150 valence electrons. The molecule has 4 atom stereocenters. The lowest BCUT2D eigenvalue weighted by Gasteiger charge is -2.24. The van der Waals surface area contributed by atoms with Crippen molar-refractivity contribution in [2.75, 3.05) is 6.61 Å². The van der Waals surface area contributed by atoms with E-state index in [4.69, 9.17) is 4.74 Å². The normalized spacial score (nSPS) is 24.8. The van der Waals surface area contributed by atoms with E-state index < -0.39 is 41.8 Å². The SMILES string of the molecule is O=C(COc1ccccc1)NC1C(c2ccc(C(F)(F)F)cc2)CC(O)C1O. The standard InChI is InChI=1S/C20H20F3NO4/c21-20(22,23)13-8-6-12(7-9-13)15-10-16(25)19(27)18(15)24-17(26)11-28-14-4-2-1-3-5-14/h1-9,15-16,18-19,25,27H,10-11H2,(H,24,26). The van der Waals surface area contributed by atoms with Crippen molar-refractivity contribution in [2.24, 2.45) is 0 Å². The van der Waals surface area contributed by atoms with Gasteiger partial charge in [0, 0.05) is 5.92 Å². The van der Waals surface area contributed by atoms with Crippen LogP contribution in [0.15, 0.2) is 54.6 Å². The summed E-state index contributed by atoms with van der Waals surface area (Å²) in [6.07, 6.45) is -6.65. The monoisotopic (exact) mass is 395 g/mol. The van der Waals surface area contributed by atoms with Crippen LogP contribution < -0.4 is 10.1 Å². The van der Waals surface area contributed by atoms with E-state index in [1.807, 2.05) is 0 Å². The van der Waals surface area contributed by atoms with Crippen LogP contribution in [-0.4, -0.2) is 41.0 Å². The molecule has 0 heterocycles. The minimum Gasteiger partial charge on any atom is -0.484 e. The van der Waals surface area contributed by atoms with Crippen molar-refractivity contribution < 1.29 is 32.9 Å². The fraction of sp³-hybridized carbons (Fsp3) is 0.350. The quantitative estimate of drug-likeness (QED) is 0.727. The zero-order valence-electron chi connectivity index (χ0n) is 14.8. The van der Waals surface area contributed by atoms with Crippen molar-refractivity contribution in [3.8, 4) is 5.75 Å². The Hall–Kier alpha value is -2.58. The summed E-state index contributed by atoms with van der Waals surface area (Å²) in [6, 6.07) is 12.4. The molecule has 2 aromatic carbocycles. The Morgan fingerprint density at radius 1 is 1.07 bits per heavy atom. The van der Waals surface area contributed by atoms with Gasteiger partial charge in [-0.05, 0) is 36.2 Å². The van der Waals surface area contributed by atoms with Gasteiger partial charge >= 0.3 is 6.18 Å². The van der Waals surface area contributed by atoms with E-state index in [-0.39, 0.29) is 13.0 Å². The number of carbonyl (C=O) groups is 1. The first-order chi connectivity index (χ1) is 13.3. The summed E-state index contributed by atoms with van der Waals surface area (Å²) in [6.45, 7) is -0.289. The number of alkyl halides is 3. The molecule has 0 bridgehead atoms. The molecule has 1 saturated carbocycles. The van der Waals surface area contributed by atoms with Gasteiger partial charge in [0.1, 0.15) is 11.9 Å². The van der Waals surface area contributed by atoms with Crippen LogP contribution >= 0.6 is 0 Å². The van der Waals surface area contributed by atoms with E-state index in [9.17, 15) is 28.2 Å². The van der Waals surface area contributed by atoms with E-state index in [1.165, 1.54) is 12.1 Å². The highest BCUT2D eigenvalue weighted by atomic mass is 19.4. The molecule has 1 aliphatic carbocycles. The molecule has 0 spiro atoms. The van der Waals surface area contributed by atoms with Crippen LogP contribution in [0, 0.1) is 0 Å². The van der Waals surface area contributed by atoms with Crippen molar-refractivity contribution in [1.82, 2.24) is 5.32 Å². The maximum absolute atomic E-state index is 12.7. The Kier molecular flexibility index (Phi) is 5.90. The molecule has 3 rings (SSSR count). The Bertz CT molecular complexity index is 795. The molecular formula is C20H20F3NO4. The Morgan fingerprint density at radius 3 is 2.32 bits per heavy atom. The summed E-state index contributed by atoms with van der Waals surface area (Å²) in [7, 11) is 0. The Balaban J connectivity index is 1.68. The molecule has 1 amide bonds. The molecule has 1 aliphatic rings. The second-order valence-electron chi connectivity index (χ2n) is 6.71. The van der Waals surface area contributed by atoms with E-state index in [1.54, 1.807) is 30.3 Å². The molecule has 0 aromatic heterocycles. The third-order valence-corrected chi connectivity index (χ3v) is 4.80. The molecule has 0 radical (unpaired) electrons. The third kappa shape index (κ3) is 4.63. The fourth-order valence-corrected chi connectivity index (χ4v) is 3.37. The predicted molar refractivity (Wildman–Crippen MR) is 94.7 cm³/mol. The summed E-state index contributed by atoms with van der Waals surface area (Å²) in [5.41, 5.74) is -0.287. The summed E-state index contributed by atoms with van der Waals surface area (Å²) < 4.78 is 43.6. The lowest BCUT2D eigenvalue weighted by atomic mass is 9.92. The number of aliphatic hydroxyl groups is 2. The third-order valence-electron chi connectivity index (χ3n) is 4.80. The average Bonchev–Trinajstić information content (AvgIpc) is 2.95. The lowest BCUT2D eigenvalue weighted by molar-refractivity contribution is -0.137. The van der Waals surface area contributed by atoms with Gasteiger partial charge in [0.15, 0.2) is 6.61 Å². The van der Waals surface area contributed by atoms with Crippen LogP contribution in [0.1, 0.15) is 23.5 Å². The number of amides is 1. The van der Waals surface area contributed by atoms with E-state index >= 15 is 0 Å². The predicted octanol–water partition coefficient (Wildman–Crippen LogP) is 2.48. The number of benzene rings is 2. The molecule has 1 fully saturated rings. The van der Waals surface area contributed by atoms with Gasteiger partial charge in [-0.3, -0.25) is 4.79 Å². The van der Waals surface area contributed by atoms with Crippen LogP contribution in [0.25, 0.3) is 0 Å². The summed E-state index contributed by atoms with van der Waals surface area (Å²) in [4.78, 5) is 12.2. The largest absolute Gasteiger partial charge is 0.484 e. The molecule has 2 aromatic rings. The van der Waals surface area contributed by atoms with Crippen molar-refractivity contribution >= 4 is 5.91 Å². The molecule has 0 saturated heterocycles. The highest BCUT2D eigenvalue weighted by Gasteiger charge is 2.43. The molecule has 3 N–H and O–H groups in total. The van der Waals surface area contributed by atoms with Gasteiger partial charge in [-0.2, -0.15) is 13.2 Å². The van der Waals surface area contributed by atoms with Gasteiger partial charge in [-0.1, -0.05) is 30.3 Å². The lowest BCUT2D eigenvalue weighted by Crippen LogP contribution is -2.46. The maximum atomic E-state index is 12.7. The van der Waals surface area contributed by atoms with Crippen LogP contribution in [-0.2, 0) is 11.0 Å². The number of ether oxygens (including phenoxy) is 1. The van der Waals surface area contributed by atoms with Gasteiger partial charge in [0.05, 0.1) is 17.7 Å². The fourth-order valence-electron chi connectivity index (χ4n) is 3.37. The van der Waals surface area contributed by atoms with Crippen molar-refractivity contribution in [3.63, 3.8) is 0 Å². The molecular weight excluding hydrogens is 375 g/mol. The molecule has 28 heavy (non-hydrogen) atoms. The van der Waals surface area contributed by atoms with E-state index in [2.05, 4.69) is 5.32 Å². The summed E-state index contributed by atoms with van der Waals surface area (Å²) >= 11 is 0. The smallest absolute Gasteiger partial charge is 0.416 e. The summed E-state index contributed by atoms with van der Waals surface area (Å²) in [5, 5.41) is 22.8. The second-order valence-corrected chi connectivity index (χ2v) is 6.71. The number of hydrogen-bond donors (Lipinski definition) is 3.